The molecule has 32 heavy (non-hydrogen) atoms. The molecule has 2 aromatic carbocycles. The fourth-order valence-electron chi connectivity index (χ4n) is 4.23. The average molecular weight is 456 g/mol. The lowest BCUT2D eigenvalue weighted by Gasteiger charge is -2.45. The SMILES string of the molecule is COCCN(C)C[C@H](CC(=O)C(C)C)O[Si](c1ccccc1)(c1ccccc1)C(C)(C)C. The first kappa shape index (κ1) is 26.5. The number of ketones is 1. The van der Waals surface area contributed by atoms with Crippen molar-refractivity contribution < 1.29 is 14.0 Å². The minimum Gasteiger partial charge on any atom is -0.403 e. The van der Waals surface area contributed by atoms with E-state index < -0.39 is 8.32 Å². The van der Waals surface area contributed by atoms with Crippen LogP contribution in [0.1, 0.15) is 41.0 Å². The van der Waals surface area contributed by atoms with Crippen LogP contribution in [-0.2, 0) is 14.0 Å². The van der Waals surface area contributed by atoms with Crippen molar-refractivity contribution >= 4 is 24.5 Å². The molecule has 0 saturated heterocycles. The number of carbonyl (C=O) groups is 1. The van der Waals surface area contributed by atoms with Gasteiger partial charge in [-0.2, -0.15) is 0 Å². The Balaban J connectivity index is 2.57. The molecule has 0 heterocycles. The molecule has 0 fully saturated rings. The summed E-state index contributed by atoms with van der Waals surface area (Å²) in [7, 11) is 1.06. The van der Waals surface area contributed by atoms with E-state index in [-0.39, 0.29) is 22.8 Å². The van der Waals surface area contributed by atoms with Crippen molar-refractivity contribution in [3.63, 3.8) is 0 Å². The smallest absolute Gasteiger partial charge is 0.261 e. The minimum atomic E-state index is -2.72. The lowest BCUT2D eigenvalue weighted by molar-refractivity contribution is -0.123. The Labute approximate surface area is 196 Å². The third kappa shape index (κ3) is 6.61. The zero-order valence-corrected chi connectivity index (χ0v) is 21.9. The Hall–Kier alpha value is -1.79. The van der Waals surface area contributed by atoms with Gasteiger partial charge in [0.05, 0.1) is 12.7 Å². The van der Waals surface area contributed by atoms with Crippen molar-refractivity contribution in [3.05, 3.63) is 60.7 Å². The molecule has 0 spiro atoms. The molecule has 176 valence electrons. The van der Waals surface area contributed by atoms with Crippen LogP contribution in [0.25, 0.3) is 0 Å². The van der Waals surface area contributed by atoms with Crippen molar-refractivity contribution in [3.8, 4) is 0 Å². The predicted octanol–water partition coefficient (Wildman–Crippen LogP) is 4.13. The van der Waals surface area contributed by atoms with Crippen LogP contribution in [0.15, 0.2) is 60.7 Å². The fourth-order valence-corrected chi connectivity index (χ4v) is 8.90. The Morgan fingerprint density at radius 2 is 1.47 bits per heavy atom. The van der Waals surface area contributed by atoms with E-state index in [0.717, 1.165) is 6.54 Å². The Morgan fingerprint density at radius 3 is 1.88 bits per heavy atom. The first-order valence-electron chi connectivity index (χ1n) is 11.6. The summed E-state index contributed by atoms with van der Waals surface area (Å²) >= 11 is 0. The molecule has 0 amide bonds. The maximum Gasteiger partial charge on any atom is 0.261 e. The third-order valence-electron chi connectivity index (χ3n) is 6.03. The predicted molar refractivity (Wildman–Crippen MR) is 136 cm³/mol. The number of carbonyl (C=O) groups excluding carboxylic acids is 1. The van der Waals surface area contributed by atoms with Gasteiger partial charge >= 0.3 is 0 Å². The van der Waals surface area contributed by atoms with E-state index in [4.69, 9.17) is 9.16 Å². The quantitative estimate of drug-likeness (QED) is 0.451. The van der Waals surface area contributed by atoms with Crippen molar-refractivity contribution in [1.29, 1.82) is 0 Å². The number of benzene rings is 2. The molecule has 0 N–H and O–H groups in total. The van der Waals surface area contributed by atoms with Gasteiger partial charge in [-0.3, -0.25) is 4.79 Å². The second-order valence-corrected chi connectivity index (χ2v) is 14.2. The topological polar surface area (TPSA) is 38.8 Å². The molecule has 0 radical (unpaired) electrons. The number of methoxy groups -OCH3 is 1. The molecule has 0 saturated carbocycles. The number of rotatable bonds is 12. The van der Waals surface area contributed by atoms with Crippen molar-refractivity contribution in [1.82, 2.24) is 4.90 Å². The number of hydrogen-bond donors (Lipinski definition) is 0. The lowest BCUT2D eigenvalue weighted by Crippen LogP contribution is -2.68. The average Bonchev–Trinajstić information content (AvgIpc) is 2.76. The van der Waals surface area contributed by atoms with Gasteiger partial charge in [-0.25, -0.2) is 0 Å². The highest BCUT2D eigenvalue weighted by molar-refractivity contribution is 6.99. The van der Waals surface area contributed by atoms with Crippen LogP contribution in [0.5, 0.6) is 0 Å². The Bertz CT molecular complexity index is 778. The van der Waals surface area contributed by atoms with Crippen LogP contribution >= 0.6 is 0 Å². The van der Waals surface area contributed by atoms with E-state index in [1.165, 1.54) is 10.4 Å². The summed E-state index contributed by atoms with van der Waals surface area (Å²) in [6.07, 6.45) is 0.220. The maximum absolute atomic E-state index is 12.8. The second kappa shape index (κ2) is 11.9. The van der Waals surface area contributed by atoms with E-state index in [9.17, 15) is 4.79 Å². The third-order valence-corrected chi connectivity index (χ3v) is 11.1. The number of hydrogen-bond acceptors (Lipinski definition) is 4. The molecular weight excluding hydrogens is 414 g/mol. The van der Waals surface area contributed by atoms with Gasteiger partial charge in [-0.05, 0) is 22.5 Å². The highest BCUT2D eigenvalue weighted by atomic mass is 28.4. The Kier molecular flexibility index (Phi) is 9.83. The summed E-state index contributed by atoms with van der Waals surface area (Å²) in [5.41, 5.74) is 0. The fraction of sp³-hybridized carbons (Fsp3) is 0.519. The second-order valence-electron chi connectivity index (χ2n) is 9.98. The van der Waals surface area contributed by atoms with E-state index in [1.54, 1.807) is 7.11 Å². The summed E-state index contributed by atoms with van der Waals surface area (Å²) in [5, 5.41) is 2.35. The molecule has 0 aliphatic rings. The molecule has 0 aromatic heterocycles. The molecule has 0 aliphatic carbocycles. The van der Waals surface area contributed by atoms with Crippen LogP contribution in [0, 0.1) is 5.92 Å². The van der Waals surface area contributed by atoms with Crippen LogP contribution < -0.4 is 10.4 Å². The summed E-state index contributed by atoms with van der Waals surface area (Å²) in [4.78, 5) is 15.1. The molecular formula is C27H41NO3Si. The normalized spacial score (nSPS) is 13.5. The van der Waals surface area contributed by atoms with Crippen LogP contribution in [0.2, 0.25) is 5.04 Å². The summed E-state index contributed by atoms with van der Waals surface area (Å²) in [6, 6.07) is 21.2. The highest BCUT2D eigenvalue weighted by Crippen LogP contribution is 2.38. The molecule has 1 atom stereocenters. The van der Waals surface area contributed by atoms with E-state index in [2.05, 4.69) is 93.4 Å². The van der Waals surface area contributed by atoms with Crippen LogP contribution in [0.4, 0.5) is 0 Å². The number of ether oxygens (including phenoxy) is 1. The van der Waals surface area contributed by atoms with Crippen molar-refractivity contribution in [2.75, 3.05) is 33.9 Å². The Morgan fingerprint density at radius 1 is 0.969 bits per heavy atom. The van der Waals surface area contributed by atoms with E-state index in [0.29, 0.717) is 19.6 Å². The first-order valence-corrected chi connectivity index (χ1v) is 13.5. The minimum absolute atomic E-state index is 0.00969. The molecule has 4 nitrogen and oxygen atoms in total. The largest absolute Gasteiger partial charge is 0.403 e. The maximum atomic E-state index is 12.8. The first-order chi connectivity index (χ1) is 15.1. The number of Topliss-reactive ketones (excluding diaryl/α,β-unsaturated/α-hetero) is 1. The molecule has 0 bridgehead atoms. The molecule has 2 aromatic rings. The zero-order chi connectivity index (χ0) is 23.8. The van der Waals surface area contributed by atoms with Gasteiger partial charge in [0.2, 0.25) is 0 Å². The molecule has 5 heteroatoms. The van der Waals surface area contributed by atoms with Crippen molar-refractivity contribution in [2.45, 2.75) is 52.2 Å². The monoisotopic (exact) mass is 455 g/mol. The number of nitrogens with zero attached hydrogens (tertiary/aromatic N) is 1. The van der Waals surface area contributed by atoms with Crippen LogP contribution in [-0.4, -0.2) is 59.0 Å². The zero-order valence-electron chi connectivity index (χ0n) is 20.9. The van der Waals surface area contributed by atoms with Crippen LogP contribution in [0.3, 0.4) is 0 Å². The van der Waals surface area contributed by atoms with Gasteiger partial charge < -0.3 is 14.1 Å². The van der Waals surface area contributed by atoms with Gasteiger partial charge in [0.1, 0.15) is 5.78 Å². The summed E-state index contributed by atoms with van der Waals surface area (Å²) < 4.78 is 12.5. The molecule has 0 aliphatic heterocycles. The summed E-state index contributed by atoms with van der Waals surface area (Å²) in [6.45, 7) is 12.9. The summed E-state index contributed by atoms with van der Waals surface area (Å²) in [5.74, 6) is 0.234. The highest BCUT2D eigenvalue weighted by Gasteiger charge is 2.51. The molecule has 2 rings (SSSR count). The van der Waals surface area contributed by atoms with E-state index >= 15 is 0 Å². The van der Waals surface area contributed by atoms with Gasteiger partial charge in [0.25, 0.3) is 8.32 Å². The lowest BCUT2D eigenvalue weighted by atomic mass is 10.0. The van der Waals surface area contributed by atoms with E-state index in [1.807, 2.05) is 13.8 Å². The van der Waals surface area contributed by atoms with Gasteiger partial charge in [0, 0.05) is 32.5 Å². The van der Waals surface area contributed by atoms with Gasteiger partial charge in [-0.15, -0.1) is 0 Å². The standard InChI is InChI=1S/C27H41NO3Si/c1-22(2)26(29)20-23(21-28(6)18-19-30-7)31-32(27(3,4)5,24-14-10-8-11-15-24)25-16-12-9-13-17-25/h8-17,22-23H,18-21H2,1-7H3/t23-/m0/s1. The van der Waals surface area contributed by atoms with Gasteiger partial charge in [-0.1, -0.05) is 95.3 Å². The van der Waals surface area contributed by atoms with Gasteiger partial charge in [0.15, 0.2) is 0 Å². The number of likely N-dealkylation sites (N-methyl/N-ethyl adjacent to an activating group) is 1. The molecule has 0 unspecified atom stereocenters. The van der Waals surface area contributed by atoms with Crippen molar-refractivity contribution in [2.24, 2.45) is 5.92 Å².